The molecule has 1 unspecified atom stereocenters. The minimum Gasteiger partial charge on any atom is -0.395 e. The first-order chi connectivity index (χ1) is 11.6. The Morgan fingerprint density at radius 3 is 2.96 bits per heavy atom. The summed E-state index contributed by atoms with van der Waals surface area (Å²) in [4.78, 5) is 14.4. The lowest BCUT2D eigenvalue weighted by atomic mass is 10.1. The highest BCUT2D eigenvalue weighted by atomic mass is 16.3. The highest BCUT2D eigenvalue weighted by Gasteiger charge is 2.30. The number of aromatic nitrogens is 2. The predicted octanol–water partition coefficient (Wildman–Crippen LogP) is 1.92. The molecule has 2 N–H and O–H groups in total. The fraction of sp³-hybridized carbons (Fsp3) is 0.444. The van der Waals surface area contributed by atoms with Crippen LogP contribution in [0.4, 0.5) is 4.79 Å². The van der Waals surface area contributed by atoms with E-state index in [1.165, 1.54) is 11.1 Å². The van der Waals surface area contributed by atoms with Gasteiger partial charge in [0.05, 0.1) is 18.8 Å². The largest absolute Gasteiger partial charge is 0.395 e. The number of nitrogens with zero attached hydrogens (tertiary/aromatic N) is 3. The van der Waals surface area contributed by atoms with Gasteiger partial charge in [-0.15, -0.1) is 0 Å². The first-order valence-corrected chi connectivity index (χ1v) is 8.32. The van der Waals surface area contributed by atoms with E-state index >= 15 is 0 Å². The molecule has 1 heterocycles. The number of amides is 2. The first kappa shape index (κ1) is 16.5. The molecule has 0 radical (unpaired) electrons. The van der Waals surface area contributed by atoms with E-state index in [1.54, 1.807) is 15.8 Å². The van der Waals surface area contributed by atoms with Gasteiger partial charge in [0.2, 0.25) is 0 Å². The number of aliphatic hydroxyl groups excluding tert-OH is 1. The number of hydrogen-bond acceptors (Lipinski definition) is 3. The van der Waals surface area contributed by atoms with Gasteiger partial charge in [-0.05, 0) is 30.9 Å². The molecule has 1 aliphatic carbocycles. The second-order valence-corrected chi connectivity index (χ2v) is 6.21. The lowest BCUT2D eigenvalue weighted by Crippen LogP contribution is -2.43. The van der Waals surface area contributed by atoms with E-state index in [0.29, 0.717) is 13.1 Å². The number of carbonyl (C=O) groups excluding carboxylic acids is 1. The molecule has 0 bridgehead atoms. The van der Waals surface area contributed by atoms with Crippen molar-refractivity contribution in [3.63, 3.8) is 0 Å². The third-order valence-electron chi connectivity index (χ3n) is 4.85. The lowest BCUT2D eigenvalue weighted by molar-refractivity contribution is 0.151. The summed E-state index contributed by atoms with van der Waals surface area (Å²) in [6.07, 6.45) is 3.65. The van der Waals surface area contributed by atoms with Gasteiger partial charge in [-0.1, -0.05) is 24.3 Å². The van der Waals surface area contributed by atoms with Gasteiger partial charge in [-0.2, -0.15) is 5.10 Å². The van der Waals surface area contributed by atoms with Crippen LogP contribution in [0.25, 0.3) is 0 Å². The minimum atomic E-state index is -0.144. The maximum absolute atomic E-state index is 12.7. The smallest absolute Gasteiger partial charge is 0.318 e. The molecule has 0 spiro atoms. The van der Waals surface area contributed by atoms with Crippen LogP contribution in [0, 0.1) is 6.92 Å². The molecular formula is C18H24N4O2. The third kappa shape index (κ3) is 3.14. The van der Waals surface area contributed by atoms with Crippen LogP contribution in [0.3, 0.4) is 0 Å². The Hall–Kier alpha value is -2.34. The number of nitrogens with one attached hydrogen (secondary N) is 1. The van der Waals surface area contributed by atoms with Gasteiger partial charge < -0.3 is 15.3 Å². The monoisotopic (exact) mass is 328 g/mol. The SMILES string of the molecule is Cc1c(CNC(=O)N(CCO)C2CCc3ccccc32)cnn1C. The van der Waals surface area contributed by atoms with E-state index in [1.807, 2.05) is 26.1 Å². The number of aliphatic hydroxyl groups is 1. The fourth-order valence-electron chi connectivity index (χ4n) is 3.36. The summed E-state index contributed by atoms with van der Waals surface area (Å²) in [5.74, 6) is 0. The number of carbonyl (C=O) groups is 1. The van der Waals surface area contributed by atoms with E-state index in [9.17, 15) is 9.90 Å². The number of hydrogen-bond donors (Lipinski definition) is 2. The van der Waals surface area contributed by atoms with Gasteiger partial charge in [-0.3, -0.25) is 4.68 Å². The molecule has 0 fully saturated rings. The Bertz CT molecular complexity index is 726. The maximum Gasteiger partial charge on any atom is 0.318 e. The van der Waals surface area contributed by atoms with Crippen molar-refractivity contribution in [3.05, 3.63) is 52.8 Å². The van der Waals surface area contributed by atoms with Crippen LogP contribution in [0.2, 0.25) is 0 Å². The van der Waals surface area contributed by atoms with Crippen LogP contribution in [0.15, 0.2) is 30.5 Å². The highest BCUT2D eigenvalue weighted by molar-refractivity contribution is 5.75. The zero-order valence-corrected chi connectivity index (χ0v) is 14.2. The summed E-state index contributed by atoms with van der Waals surface area (Å²) in [6, 6.07) is 8.12. The van der Waals surface area contributed by atoms with Crippen LogP contribution in [-0.2, 0) is 20.0 Å². The quantitative estimate of drug-likeness (QED) is 0.881. The lowest BCUT2D eigenvalue weighted by Gasteiger charge is -2.29. The van der Waals surface area contributed by atoms with E-state index < -0.39 is 0 Å². The van der Waals surface area contributed by atoms with Crippen molar-refractivity contribution in [2.24, 2.45) is 7.05 Å². The predicted molar refractivity (Wildman–Crippen MR) is 91.5 cm³/mol. The highest BCUT2D eigenvalue weighted by Crippen LogP contribution is 2.35. The summed E-state index contributed by atoms with van der Waals surface area (Å²) in [6.45, 7) is 2.71. The summed E-state index contributed by atoms with van der Waals surface area (Å²) in [5.41, 5.74) is 4.52. The molecule has 2 aromatic rings. The molecule has 0 saturated carbocycles. The number of fused-ring (bicyclic) bond motifs is 1. The van der Waals surface area contributed by atoms with Gasteiger partial charge in [0, 0.05) is 31.4 Å². The van der Waals surface area contributed by atoms with Crippen molar-refractivity contribution in [2.45, 2.75) is 32.4 Å². The molecule has 6 nitrogen and oxygen atoms in total. The van der Waals surface area contributed by atoms with Gasteiger partial charge in [0.1, 0.15) is 0 Å². The van der Waals surface area contributed by atoms with E-state index in [2.05, 4.69) is 22.5 Å². The number of benzene rings is 1. The Kier molecular flexibility index (Phi) is 4.85. The average molecular weight is 328 g/mol. The zero-order valence-electron chi connectivity index (χ0n) is 14.2. The Balaban J connectivity index is 1.71. The topological polar surface area (TPSA) is 70.4 Å². The summed E-state index contributed by atoms with van der Waals surface area (Å²) in [5, 5.41) is 16.6. The number of urea groups is 1. The zero-order chi connectivity index (χ0) is 17.1. The van der Waals surface area contributed by atoms with E-state index in [4.69, 9.17) is 0 Å². The molecule has 2 amide bonds. The first-order valence-electron chi connectivity index (χ1n) is 8.32. The maximum atomic E-state index is 12.7. The molecule has 1 aromatic heterocycles. The van der Waals surface area contributed by atoms with Crippen LogP contribution in [-0.4, -0.2) is 39.0 Å². The van der Waals surface area contributed by atoms with Gasteiger partial charge in [0.15, 0.2) is 0 Å². The molecule has 1 aliphatic rings. The Morgan fingerprint density at radius 1 is 1.46 bits per heavy atom. The van der Waals surface area contributed by atoms with Gasteiger partial charge in [0.25, 0.3) is 0 Å². The molecular weight excluding hydrogens is 304 g/mol. The van der Waals surface area contributed by atoms with Gasteiger partial charge in [-0.25, -0.2) is 4.79 Å². The second-order valence-electron chi connectivity index (χ2n) is 6.21. The summed E-state index contributed by atoms with van der Waals surface area (Å²) < 4.78 is 1.79. The van der Waals surface area contributed by atoms with Crippen LogP contribution < -0.4 is 5.32 Å². The molecule has 1 aromatic carbocycles. The van der Waals surface area contributed by atoms with E-state index in [0.717, 1.165) is 24.1 Å². The molecule has 0 aliphatic heterocycles. The number of rotatable bonds is 5. The second kappa shape index (κ2) is 7.05. The van der Waals surface area contributed by atoms with E-state index in [-0.39, 0.29) is 18.7 Å². The molecule has 1 atom stereocenters. The Labute approximate surface area is 142 Å². The normalized spacial score (nSPS) is 16.0. The summed E-state index contributed by atoms with van der Waals surface area (Å²) in [7, 11) is 1.88. The van der Waals surface area contributed by atoms with Crippen LogP contribution >= 0.6 is 0 Å². The summed E-state index contributed by atoms with van der Waals surface area (Å²) >= 11 is 0. The van der Waals surface area contributed by atoms with Crippen molar-refractivity contribution in [1.82, 2.24) is 20.0 Å². The standard InChI is InChI=1S/C18H24N4O2/c1-13-15(12-20-21(13)2)11-19-18(24)22(9-10-23)17-8-7-14-5-3-4-6-16(14)17/h3-6,12,17,23H,7-11H2,1-2H3,(H,19,24). The molecule has 128 valence electrons. The average Bonchev–Trinajstić information content (AvgIpc) is 3.15. The molecule has 6 heteroatoms. The van der Waals surface area contributed by atoms with Crippen molar-refractivity contribution in [1.29, 1.82) is 0 Å². The van der Waals surface area contributed by atoms with Crippen molar-refractivity contribution >= 4 is 6.03 Å². The van der Waals surface area contributed by atoms with Crippen molar-refractivity contribution in [3.8, 4) is 0 Å². The minimum absolute atomic E-state index is 0.0309. The number of aryl methyl sites for hydroxylation is 2. The van der Waals surface area contributed by atoms with Gasteiger partial charge >= 0.3 is 6.03 Å². The fourth-order valence-corrected chi connectivity index (χ4v) is 3.36. The molecule has 24 heavy (non-hydrogen) atoms. The molecule has 3 rings (SSSR count). The Morgan fingerprint density at radius 2 is 2.25 bits per heavy atom. The van der Waals surface area contributed by atoms with Crippen LogP contribution in [0.1, 0.15) is 34.8 Å². The molecule has 0 saturated heterocycles. The van der Waals surface area contributed by atoms with Crippen molar-refractivity contribution in [2.75, 3.05) is 13.2 Å². The third-order valence-corrected chi connectivity index (χ3v) is 4.85. The van der Waals surface area contributed by atoms with Crippen LogP contribution in [0.5, 0.6) is 0 Å². The van der Waals surface area contributed by atoms with Crippen molar-refractivity contribution < 1.29 is 9.90 Å².